The Morgan fingerprint density at radius 2 is 2.03 bits per heavy atom. The average molecular weight is 400 g/mol. The summed E-state index contributed by atoms with van der Waals surface area (Å²) in [6.45, 7) is 2.47. The molecule has 1 N–H and O–H groups in total. The Balaban J connectivity index is 1.76. The van der Waals surface area contributed by atoms with E-state index in [9.17, 15) is 5.26 Å². The lowest BCUT2D eigenvalue weighted by Crippen LogP contribution is -1.95. The molecule has 8 heteroatoms. The summed E-state index contributed by atoms with van der Waals surface area (Å²) in [6, 6.07) is 13.7. The van der Waals surface area contributed by atoms with Gasteiger partial charge in [0, 0.05) is 18.0 Å². The Labute approximate surface area is 171 Å². The Morgan fingerprint density at radius 3 is 2.83 bits per heavy atom. The van der Waals surface area contributed by atoms with Crippen LogP contribution in [0.3, 0.4) is 0 Å². The highest BCUT2D eigenvalue weighted by molar-refractivity contribution is 7.23. The summed E-state index contributed by atoms with van der Waals surface area (Å²) in [7, 11) is 0. The van der Waals surface area contributed by atoms with E-state index in [2.05, 4.69) is 31.5 Å². The number of nitrogens with zero attached hydrogens (tertiary/aromatic N) is 5. The van der Waals surface area contributed by atoms with Crippen molar-refractivity contribution >= 4 is 33.6 Å². The van der Waals surface area contributed by atoms with Gasteiger partial charge in [-0.2, -0.15) is 10.4 Å². The molecule has 29 heavy (non-hydrogen) atoms. The Morgan fingerprint density at radius 1 is 1.21 bits per heavy atom. The molecule has 0 atom stereocenters. The summed E-state index contributed by atoms with van der Waals surface area (Å²) in [5.74, 6) is 1.28. The van der Waals surface area contributed by atoms with Gasteiger partial charge >= 0.3 is 0 Å². The van der Waals surface area contributed by atoms with Gasteiger partial charge in [0.1, 0.15) is 23.7 Å². The molecular formula is C21H16N6OS. The van der Waals surface area contributed by atoms with Crippen molar-refractivity contribution in [3.63, 3.8) is 0 Å². The van der Waals surface area contributed by atoms with Gasteiger partial charge in [-0.3, -0.25) is 10.4 Å². The largest absolute Gasteiger partial charge is 0.493 e. The molecule has 0 spiro atoms. The summed E-state index contributed by atoms with van der Waals surface area (Å²) < 4.78 is 6.51. The Hall–Kier alpha value is -3.83. The molecule has 0 saturated heterocycles. The second-order valence-electron chi connectivity index (χ2n) is 5.90. The van der Waals surface area contributed by atoms with Gasteiger partial charge in [-0.1, -0.05) is 12.1 Å². The van der Waals surface area contributed by atoms with Gasteiger partial charge in [-0.05, 0) is 36.8 Å². The number of ether oxygens (including phenoxy) is 1. The first-order valence-electron chi connectivity index (χ1n) is 8.90. The van der Waals surface area contributed by atoms with E-state index in [0.29, 0.717) is 23.5 Å². The molecule has 4 rings (SSSR count). The quantitative estimate of drug-likeness (QED) is 0.379. The van der Waals surface area contributed by atoms with Crippen molar-refractivity contribution in [2.75, 3.05) is 12.0 Å². The topological polar surface area (TPSA) is 96.1 Å². The fraction of sp³-hybridized carbons (Fsp3) is 0.0952. The number of nitriles is 1. The number of nitrogens with one attached hydrogen (secondary N) is 1. The van der Waals surface area contributed by atoms with Gasteiger partial charge < -0.3 is 4.74 Å². The second-order valence-corrected chi connectivity index (χ2v) is 6.92. The zero-order valence-corrected chi connectivity index (χ0v) is 16.3. The highest BCUT2D eigenvalue weighted by atomic mass is 32.1. The van der Waals surface area contributed by atoms with Gasteiger partial charge in [0.2, 0.25) is 0 Å². The van der Waals surface area contributed by atoms with Gasteiger partial charge in [0.15, 0.2) is 5.82 Å². The lowest BCUT2D eigenvalue weighted by molar-refractivity contribution is 0.341. The van der Waals surface area contributed by atoms with Crippen LogP contribution >= 0.6 is 11.3 Å². The van der Waals surface area contributed by atoms with Gasteiger partial charge in [-0.15, -0.1) is 11.3 Å². The molecule has 0 aliphatic rings. The first-order valence-corrected chi connectivity index (χ1v) is 9.72. The minimum absolute atomic E-state index is 0.501. The molecule has 0 bridgehead atoms. The van der Waals surface area contributed by atoms with E-state index in [-0.39, 0.29) is 0 Å². The number of hydrogen-bond acceptors (Lipinski definition) is 8. The van der Waals surface area contributed by atoms with Crippen molar-refractivity contribution in [3.05, 3.63) is 66.2 Å². The number of benzene rings is 1. The molecule has 142 valence electrons. The number of anilines is 1. The van der Waals surface area contributed by atoms with Gasteiger partial charge in [0.25, 0.3) is 0 Å². The van der Waals surface area contributed by atoms with Crippen LogP contribution < -0.4 is 10.2 Å². The van der Waals surface area contributed by atoms with Crippen molar-refractivity contribution in [1.82, 2.24) is 15.0 Å². The molecule has 0 amide bonds. The van der Waals surface area contributed by atoms with Crippen LogP contribution in [0, 0.1) is 11.3 Å². The molecule has 0 aliphatic carbocycles. The maximum Gasteiger partial charge on any atom is 0.167 e. The smallest absolute Gasteiger partial charge is 0.167 e. The number of pyridine rings is 1. The molecule has 7 nitrogen and oxygen atoms in total. The van der Waals surface area contributed by atoms with E-state index in [1.165, 1.54) is 17.7 Å². The monoisotopic (exact) mass is 400 g/mol. The molecule has 0 fully saturated rings. The number of fused-ring (bicyclic) bond motifs is 1. The molecule has 1 aromatic carbocycles. The van der Waals surface area contributed by atoms with E-state index >= 15 is 0 Å². The van der Waals surface area contributed by atoms with Crippen LogP contribution in [-0.4, -0.2) is 27.8 Å². The number of hydrogen-bond donors (Lipinski definition) is 1. The van der Waals surface area contributed by atoms with Crippen LogP contribution in [0.25, 0.3) is 20.7 Å². The lowest BCUT2D eigenvalue weighted by atomic mass is 10.1. The molecule has 0 radical (unpaired) electrons. The maximum atomic E-state index is 9.80. The van der Waals surface area contributed by atoms with Crippen LogP contribution in [0.4, 0.5) is 5.82 Å². The Kier molecular flexibility index (Phi) is 5.40. The summed E-state index contributed by atoms with van der Waals surface area (Å²) in [6.07, 6.45) is 6.51. The van der Waals surface area contributed by atoms with Gasteiger partial charge in [-0.25, -0.2) is 9.97 Å². The van der Waals surface area contributed by atoms with E-state index < -0.39 is 0 Å². The molecule has 0 saturated carbocycles. The van der Waals surface area contributed by atoms with Crippen LogP contribution in [0.2, 0.25) is 0 Å². The van der Waals surface area contributed by atoms with Crippen LogP contribution in [0.1, 0.15) is 18.1 Å². The standard InChI is InChI=1S/C21H16N6OS/c1-2-28-17-6-4-3-5-15(17)19-16(11-22)18-20(29-19)21(25-13-24-18)27-26-12-14-7-9-23-10-8-14/h3-10,12-13H,2H2,1H3,(H,24,25,27)/b26-12+. The van der Waals surface area contributed by atoms with E-state index in [4.69, 9.17) is 4.74 Å². The summed E-state index contributed by atoms with van der Waals surface area (Å²) in [5, 5.41) is 14.1. The number of para-hydroxylation sites is 1. The molecule has 3 heterocycles. The van der Waals surface area contributed by atoms with Crippen molar-refractivity contribution in [2.24, 2.45) is 5.10 Å². The van der Waals surface area contributed by atoms with Gasteiger partial charge in [0.05, 0.1) is 28.0 Å². The third kappa shape index (κ3) is 3.77. The minimum Gasteiger partial charge on any atom is -0.493 e. The fourth-order valence-electron chi connectivity index (χ4n) is 2.84. The number of aromatic nitrogens is 3. The van der Waals surface area contributed by atoms with Crippen molar-refractivity contribution in [3.8, 4) is 22.3 Å². The van der Waals surface area contributed by atoms with Crippen molar-refractivity contribution in [1.29, 1.82) is 5.26 Å². The molecule has 0 unspecified atom stereocenters. The minimum atomic E-state index is 0.501. The molecule has 0 aliphatic heterocycles. The number of thiophene rings is 1. The van der Waals surface area contributed by atoms with Crippen molar-refractivity contribution in [2.45, 2.75) is 6.92 Å². The van der Waals surface area contributed by atoms with E-state index in [0.717, 1.165) is 26.5 Å². The number of rotatable bonds is 6. The fourth-order valence-corrected chi connectivity index (χ4v) is 4.01. The average Bonchev–Trinajstić information content (AvgIpc) is 3.14. The summed E-state index contributed by atoms with van der Waals surface area (Å²) in [5.41, 5.74) is 5.82. The second kappa shape index (κ2) is 8.46. The van der Waals surface area contributed by atoms with Crippen LogP contribution in [-0.2, 0) is 0 Å². The van der Waals surface area contributed by atoms with E-state index in [1.54, 1.807) is 18.6 Å². The predicted octanol–water partition coefficient (Wildman–Crippen LogP) is 4.47. The normalized spacial score (nSPS) is 10.9. The Bertz CT molecular complexity index is 1210. The molecule has 3 aromatic heterocycles. The van der Waals surface area contributed by atoms with Crippen LogP contribution in [0.15, 0.2) is 60.2 Å². The highest BCUT2D eigenvalue weighted by Gasteiger charge is 2.20. The third-order valence-corrected chi connectivity index (χ3v) is 5.32. The summed E-state index contributed by atoms with van der Waals surface area (Å²) >= 11 is 1.44. The SMILES string of the molecule is CCOc1ccccc1-c1sc2c(N/N=C/c3ccncc3)ncnc2c1C#N. The first-order chi connectivity index (χ1) is 14.3. The molecular weight excluding hydrogens is 384 g/mol. The zero-order chi connectivity index (χ0) is 20.1. The molecule has 4 aromatic rings. The zero-order valence-electron chi connectivity index (χ0n) is 15.5. The maximum absolute atomic E-state index is 9.80. The summed E-state index contributed by atoms with van der Waals surface area (Å²) in [4.78, 5) is 13.4. The first kappa shape index (κ1) is 18.5. The van der Waals surface area contributed by atoms with E-state index in [1.807, 2.05) is 43.3 Å². The van der Waals surface area contributed by atoms with Crippen molar-refractivity contribution < 1.29 is 4.74 Å². The lowest BCUT2D eigenvalue weighted by Gasteiger charge is -2.08. The number of hydrazone groups is 1. The third-order valence-electron chi connectivity index (χ3n) is 4.11. The van der Waals surface area contributed by atoms with Crippen LogP contribution in [0.5, 0.6) is 5.75 Å². The highest BCUT2D eigenvalue weighted by Crippen LogP contribution is 2.43. The predicted molar refractivity (Wildman–Crippen MR) is 114 cm³/mol.